The summed E-state index contributed by atoms with van der Waals surface area (Å²) < 4.78 is 16.0. The van der Waals surface area contributed by atoms with Gasteiger partial charge in [-0.3, -0.25) is 0 Å². The minimum atomic E-state index is 0.847. The van der Waals surface area contributed by atoms with Crippen LogP contribution in [0.3, 0.4) is 0 Å². The smallest absolute Gasteiger partial charge is 0.159 e. The van der Waals surface area contributed by atoms with Gasteiger partial charge in [0.05, 0.1) is 22.4 Å². The van der Waals surface area contributed by atoms with Crippen LogP contribution in [0, 0.1) is 0 Å². The van der Waals surface area contributed by atoms with E-state index in [-0.39, 0.29) is 0 Å². The average Bonchev–Trinajstić information content (AvgIpc) is 4.00. The van der Waals surface area contributed by atoms with Crippen LogP contribution in [-0.4, -0.2) is 4.57 Å². The molecule has 3 heterocycles. The van der Waals surface area contributed by atoms with Crippen LogP contribution >= 0.6 is 0 Å². The Labute approximate surface area is 344 Å². The maximum absolute atomic E-state index is 7.02. The SMILES string of the molecule is c1ccc(-n2c3ccccc3c3c(N(c4ccc(-c5ccc6c(c5)oc5c7ccccc7ccc65)cc4)c4cccc5c4oc4c6ccccc6ccc54)cccc32)cc1. The fraction of sp³-hybridized carbons (Fsp3) is 0. The first kappa shape index (κ1) is 32.9. The third-order valence-corrected chi connectivity index (χ3v) is 12.4. The molecule has 0 saturated heterocycles. The quantitative estimate of drug-likeness (QED) is 0.175. The molecule has 0 bridgehead atoms. The van der Waals surface area contributed by atoms with Crippen LogP contribution in [0.2, 0.25) is 0 Å². The zero-order valence-electron chi connectivity index (χ0n) is 32.3. The van der Waals surface area contributed by atoms with E-state index in [2.05, 4.69) is 216 Å². The molecule has 0 aliphatic heterocycles. The minimum absolute atomic E-state index is 0.847. The number of aromatic nitrogens is 1. The summed E-state index contributed by atoms with van der Waals surface area (Å²) in [5.74, 6) is 0. The van der Waals surface area contributed by atoms with Crippen LogP contribution in [0.25, 0.3) is 104 Å². The highest BCUT2D eigenvalue weighted by molar-refractivity contribution is 6.20. The molecular formula is C56H34N2O2. The number of para-hydroxylation sites is 3. The highest BCUT2D eigenvalue weighted by Crippen LogP contribution is 2.48. The minimum Gasteiger partial charge on any atom is -0.455 e. The summed E-state index contributed by atoms with van der Waals surface area (Å²) in [5.41, 5.74) is 12.3. The second kappa shape index (κ2) is 12.7. The van der Waals surface area contributed by atoms with Gasteiger partial charge in [0.15, 0.2) is 5.58 Å². The van der Waals surface area contributed by atoms with Gasteiger partial charge in [-0.25, -0.2) is 0 Å². The standard InChI is InChI=1S/C56H34N2O2/c1-2-14-39(15-3-1)57-48-20-9-8-18-47(48)53-49(57)21-11-22-50(53)58(51-23-10-19-44-46-33-27-37-13-5-7-17-42(37)55(46)60-56(44)51)40-29-24-35(25-30-40)38-28-31-43-45-32-26-36-12-4-6-16-41(36)54(45)59-52(43)34-38/h1-34H. The zero-order chi connectivity index (χ0) is 39.3. The number of nitrogens with zero attached hydrogens (tertiary/aromatic N) is 2. The topological polar surface area (TPSA) is 34.5 Å². The largest absolute Gasteiger partial charge is 0.455 e. The monoisotopic (exact) mass is 766 g/mol. The molecule has 0 aliphatic carbocycles. The molecule has 13 aromatic rings. The van der Waals surface area contributed by atoms with E-state index in [0.717, 1.165) is 105 Å². The first-order valence-electron chi connectivity index (χ1n) is 20.4. The fourth-order valence-corrected chi connectivity index (χ4v) is 9.62. The Morgan fingerprint density at radius 2 is 0.917 bits per heavy atom. The molecule has 0 unspecified atom stereocenters. The predicted molar refractivity (Wildman–Crippen MR) is 250 cm³/mol. The van der Waals surface area contributed by atoms with Gasteiger partial charge >= 0.3 is 0 Å². The van der Waals surface area contributed by atoms with E-state index in [9.17, 15) is 0 Å². The van der Waals surface area contributed by atoms with Gasteiger partial charge in [-0.15, -0.1) is 0 Å². The molecule has 60 heavy (non-hydrogen) atoms. The van der Waals surface area contributed by atoms with Gasteiger partial charge in [0.2, 0.25) is 0 Å². The highest BCUT2D eigenvalue weighted by atomic mass is 16.3. The number of rotatable bonds is 5. The number of hydrogen-bond acceptors (Lipinski definition) is 3. The molecule has 4 nitrogen and oxygen atoms in total. The molecule has 0 radical (unpaired) electrons. The molecule has 0 atom stereocenters. The van der Waals surface area contributed by atoms with E-state index in [0.29, 0.717) is 0 Å². The lowest BCUT2D eigenvalue weighted by Crippen LogP contribution is -2.10. The molecule has 0 spiro atoms. The van der Waals surface area contributed by atoms with Crippen molar-refractivity contribution in [3.8, 4) is 16.8 Å². The third-order valence-electron chi connectivity index (χ3n) is 12.4. The maximum Gasteiger partial charge on any atom is 0.159 e. The molecule has 0 aliphatic rings. The first-order chi connectivity index (χ1) is 29.8. The predicted octanol–water partition coefficient (Wildman–Crippen LogP) is 16.0. The molecule has 280 valence electrons. The second-order valence-electron chi connectivity index (χ2n) is 15.6. The summed E-state index contributed by atoms with van der Waals surface area (Å²) in [6.45, 7) is 0. The Bertz CT molecular complexity index is 3830. The van der Waals surface area contributed by atoms with Crippen LogP contribution in [-0.2, 0) is 0 Å². The van der Waals surface area contributed by atoms with Crippen LogP contribution < -0.4 is 4.90 Å². The van der Waals surface area contributed by atoms with Crippen molar-refractivity contribution in [1.29, 1.82) is 0 Å². The van der Waals surface area contributed by atoms with Crippen molar-refractivity contribution in [2.45, 2.75) is 0 Å². The number of benzene rings is 10. The van der Waals surface area contributed by atoms with E-state index < -0.39 is 0 Å². The van der Waals surface area contributed by atoms with Gasteiger partial charge < -0.3 is 18.3 Å². The van der Waals surface area contributed by atoms with Gasteiger partial charge in [0.1, 0.15) is 16.7 Å². The summed E-state index contributed by atoms with van der Waals surface area (Å²) in [4.78, 5) is 2.38. The molecule has 3 aromatic heterocycles. The van der Waals surface area contributed by atoms with E-state index in [1.807, 2.05) is 0 Å². The maximum atomic E-state index is 7.02. The lowest BCUT2D eigenvalue weighted by molar-refractivity contribution is 0.672. The van der Waals surface area contributed by atoms with Crippen molar-refractivity contribution in [2.75, 3.05) is 4.90 Å². The van der Waals surface area contributed by atoms with Crippen LogP contribution in [0.5, 0.6) is 0 Å². The summed E-state index contributed by atoms with van der Waals surface area (Å²) >= 11 is 0. The van der Waals surface area contributed by atoms with E-state index in [1.165, 1.54) is 16.2 Å². The van der Waals surface area contributed by atoms with Crippen molar-refractivity contribution < 1.29 is 8.83 Å². The van der Waals surface area contributed by atoms with Crippen LogP contribution in [0.1, 0.15) is 0 Å². The Morgan fingerprint density at radius 3 is 1.70 bits per heavy atom. The van der Waals surface area contributed by atoms with Gasteiger partial charge in [-0.05, 0) is 94.7 Å². The van der Waals surface area contributed by atoms with Crippen molar-refractivity contribution in [3.63, 3.8) is 0 Å². The molecule has 0 N–H and O–H groups in total. The molecule has 10 aromatic carbocycles. The first-order valence-corrected chi connectivity index (χ1v) is 20.4. The normalized spacial score (nSPS) is 12.0. The van der Waals surface area contributed by atoms with Gasteiger partial charge in [-0.1, -0.05) is 133 Å². The number of furan rings is 2. The molecule has 0 fully saturated rings. The lowest BCUT2D eigenvalue weighted by atomic mass is 10.0. The van der Waals surface area contributed by atoms with Crippen molar-refractivity contribution in [2.24, 2.45) is 0 Å². The highest BCUT2D eigenvalue weighted by Gasteiger charge is 2.24. The van der Waals surface area contributed by atoms with Gasteiger partial charge in [0, 0.05) is 54.5 Å². The average molecular weight is 767 g/mol. The van der Waals surface area contributed by atoms with Crippen molar-refractivity contribution in [3.05, 3.63) is 206 Å². The van der Waals surface area contributed by atoms with E-state index >= 15 is 0 Å². The summed E-state index contributed by atoms with van der Waals surface area (Å²) in [7, 11) is 0. The fourth-order valence-electron chi connectivity index (χ4n) is 9.62. The summed E-state index contributed by atoms with van der Waals surface area (Å²) in [5, 5.41) is 11.4. The Morgan fingerprint density at radius 1 is 0.350 bits per heavy atom. The zero-order valence-corrected chi connectivity index (χ0v) is 32.3. The molecule has 0 saturated carbocycles. The molecule has 13 rings (SSSR count). The van der Waals surface area contributed by atoms with Crippen molar-refractivity contribution in [1.82, 2.24) is 4.57 Å². The van der Waals surface area contributed by atoms with Crippen LogP contribution in [0.4, 0.5) is 17.1 Å². The Balaban J connectivity index is 1.03. The van der Waals surface area contributed by atoms with Crippen LogP contribution in [0.15, 0.2) is 215 Å². The summed E-state index contributed by atoms with van der Waals surface area (Å²) in [6.07, 6.45) is 0. The second-order valence-corrected chi connectivity index (χ2v) is 15.6. The van der Waals surface area contributed by atoms with Gasteiger partial charge in [-0.2, -0.15) is 0 Å². The summed E-state index contributed by atoms with van der Waals surface area (Å²) in [6, 6.07) is 73.7. The Kier molecular flexibility index (Phi) is 6.98. The lowest BCUT2D eigenvalue weighted by Gasteiger charge is -2.27. The molecular weight excluding hydrogens is 733 g/mol. The number of anilines is 3. The van der Waals surface area contributed by atoms with Crippen molar-refractivity contribution >= 4 is 104 Å². The number of hydrogen-bond donors (Lipinski definition) is 0. The van der Waals surface area contributed by atoms with Gasteiger partial charge in [0.25, 0.3) is 0 Å². The van der Waals surface area contributed by atoms with E-state index in [1.54, 1.807) is 0 Å². The Hall–Kier alpha value is -8.08. The third kappa shape index (κ3) is 4.79. The number of fused-ring (bicyclic) bond motifs is 13. The van der Waals surface area contributed by atoms with E-state index in [4.69, 9.17) is 8.83 Å². The molecule has 4 heteroatoms. The molecule has 0 amide bonds.